The fraction of sp³-hybridized carbons (Fsp3) is 0.769. The predicted octanol–water partition coefficient (Wildman–Crippen LogP) is 2.39. The van der Waals surface area contributed by atoms with Gasteiger partial charge in [-0.25, -0.2) is 4.98 Å². The van der Waals surface area contributed by atoms with E-state index in [4.69, 9.17) is 4.98 Å². The molecule has 2 heterocycles. The van der Waals surface area contributed by atoms with Crippen LogP contribution in [0.3, 0.4) is 0 Å². The zero-order chi connectivity index (χ0) is 11.5. The number of hydrogen-bond donors (Lipinski definition) is 2. The van der Waals surface area contributed by atoms with Crippen LogP contribution in [0.15, 0.2) is 0 Å². The van der Waals surface area contributed by atoms with E-state index in [2.05, 4.69) is 31.1 Å². The van der Waals surface area contributed by atoms with Crippen molar-refractivity contribution < 1.29 is 0 Å². The molecule has 1 aliphatic heterocycles. The smallest absolute Gasteiger partial charge is 0.108 e. The molecule has 1 aliphatic rings. The van der Waals surface area contributed by atoms with Gasteiger partial charge in [-0.2, -0.15) is 0 Å². The van der Waals surface area contributed by atoms with Crippen molar-refractivity contribution in [3.8, 4) is 0 Å². The van der Waals surface area contributed by atoms with Gasteiger partial charge in [0.15, 0.2) is 0 Å². The predicted molar refractivity (Wildman–Crippen MR) is 66.8 cm³/mol. The summed E-state index contributed by atoms with van der Waals surface area (Å²) in [4.78, 5) is 8.24. The third kappa shape index (κ3) is 2.46. The van der Waals surface area contributed by atoms with E-state index in [1.807, 2.05) is 0 Å². The summed E-state index contributed by atoms with van der Waals surface area (Å²) in [6.45, 7) is 7.79. The van der Waals surface area contributed by atoms with Crippen molar-refractivity contribution >= 4 is 0 Å². The zero-order valence-corrected chi connectivity index (χ0v) is 10.6. The molecule has 1 atom stereocenters. The minimum Gasteiger partial charge on any atom is -0.346 e. The first-order valence-electron chi connectivity index (χ1n) is 6.51. The molecular formula is C13H23N3. The largest absolute Gasteiger partial charge is 0.346 e. The average molecular weight is 221 g/mol. The Labute approximate surface area is 98.1 Å². The first kappa shape index (κ1) is 11.6. The van der Waals surface area contributed by atoms with Crippen LogP contribution in [0.1, 0.15) is 56.7 Å². The van der Waals surface area contributed by atoms with E-state index in [1.165, 1.54) is 36.6 Å². The summed E-state index contributed by atoms with van der Waals surface area (Å²) in [5, 5.41) is 3.52. The molecule has 0 aromatic carbocycles. The Morgan fingerprint density at radius 2 is 2.25 bits per heavy atom. The standard InChI is InChI=1S/C13H23N3/c1-4-11-13(9(2)3)16-12(15-11)8-10-6-5-7-14-10/h9-10,14H,4-8H2,1-3H3,(H,15,16). The van der Waals surface area contributed by atoms with Gasteiger partial charge in [0.05, 0.1) is 5.69 Å². The number of nitrogens with zero attached hydrogens (tertiary/aromatic N) is 1. The average Bonchev–Trinajstić information content (AvgIpc) is 2.87. The van der Waals surface area contributed by atoms with Gasteiger partial charge in [0.2, 0.25) is 0 Å². The van der Waals surface area contributed by atoms with Gasteiger partial charge in [0.1, 0.15) is 5.82 Å². The Bertz CT molecular complexity index is 335. The lowest BCUT2D eigenvalue weighted by atomic mass is 10.1. The number of H-pyrrole nitrogens is 1. The van der Waals surface area contributed by atoms with Gasteiger partial charge in [-0.15, -0.1) is 0 Å². The van der Waals surface area contributed by atoms with E-state index in [0.29, 0.717) is 12.0 Å². The molecule has 1 unspecified atom stereocenters. The molecule has 1 saturated heterocycles. The number of rotatable bonds is 4. The molecule has 16 heavy (non-hydrogen) atoms. The first-order chi connectivity index (χ1) is 7.70. The van der Waals surface area contributed by atoms with Crippen LogP contribution in [-0.2, 0) is 12.8 Å². The minimum atomic E-state index is 0.525. The number of hydrogen-bond acceptors (Lipinski definition) is 2. The minimum absolute atomic E-state index is 0.525. The molecular weight excluding hydrogens is 198 g/mol. The van der Waals surface area contributed by atoms with Crippen LogP contribution < -0.4 is 5.32 Å². The fourth-order valence-electron chi connectivity index (χ4n) is 2.49. The maximum absolute atomic E-state index is 4.75. The molecule has 3 nitrogen and oxygen atoms in total. The number of nitrogens with one attached hydrogen (secondary N) is 2. The van der Waals surface area contributed by atoms with Crippen LogP contribution in [-0.4, -0.2) is 22.6 Å². The van der Waals surface area contributed by atoms with Crippen LogP contribution in [0.2, 0.25) is 0 Å². The normalized spacial score (nSPS) is 20.9. The summed E-state index contributed by atoms with van der Waals surface area (Å²) < 4.78 is 0. The van der Waals surface area contributed by atoms with E-state index >= 15 is 0 Å². The molecule has 0 radical (unpaired) electrons. The van der Waals surface area contributed by atoms with Crippen molar-refractivity contribution in [2.24, 2.45) is 0 Å². The topological polar surface area (TPSA) is 40.7 Å². The third-order valence-corrected chi connectivity index (χ3v) is 3.36. The van der Waals surface area contributed by atoms with Crippen LogP contribution >= 0.6 is 0 Å². The Morgan fingerprint density at radius 1 is 1.44 bits per heavy atom. The SMILES string of the molecule is CCc1[nH]c(CC2CCCN2)nc1C(C)C. The first-order valence-corrected chi connectivity index (χ1v) is 6.51. The second kappa shape index (κ2) is 5.00. The second-order valence-corrected chi connectivity index (χ2v) is 5.05. The fourth-order valence-corrected chi connectivity index (χ4v) is 2.49. The molecule has 0 spiro atoms. The molecule has 0 aliphatic carbocycles. The van der Waals surface area contributed by atoms with Crippen molar-refractivity contribution in [3.05, 3.63) is 17.2 Å². The Kier molecular flexibility index (Phi) is 3.64. The maximum Gasteiger partial charge on any atom is 0.108 e. The lowest BCUT2D eigenvalue weighted by Crippen LogP contribution is -2.24. The molecule has 1 aromatic heterocycles. The van der Waals surface area contributed by atoms with Gasteiger partial charge in [-0.3, -0.25) is 0 Å². The van der Waals surface area contributed by atoms with Gasteiger partial charge >= 0.3 is 0 Å². The molecule has 2 rings (SSSR count). The van der Waals surface area contributed by atoms with Gasteiger partial charge in [0.25, 0.3) is 0 Å². The van der Waals surface area contributed by atoms with Crippen molar-refractivity contribution in [1.29, 1.82) is 0 Å². The number of aryl methyl sites for hydroxylation is 1. The van der Waals surface area contributed by atoms with Crippen molar-refractivity contribution in [1.82, 2.24) is 15.3 Å². The summed E-state index contributed by atoms with van der Waals surface area (Å²) in [6, 6.07) is 0.635. The monoisotopic (exact) mass is 221 g/mol. The summed E-state index contributed by atoms with van der Waals surface area (Å²) in [5.74, 6) is 1.69. The molecule has 3 heteroatoms. The van der Waals surface area contributed by atoms with E-state index in [1.54, 1.807) is 0 Å². The highest BCUT2D eigenvalue weighted by molar-refractivity contribution is 5.18. The Hall–Kier alpha value is -0.830. The van der Waals surface area contributed by atoms with Crippen molar-refractivity contribution in [2.45, 2.75) is 58.4 Å². The van der Waals surface area contributed by atoms with Crippen molar-refractivity contribution in [2.75, 3.05) is 6.54 Å². The summed E-state index contributed by atoms with van der Waals surface area (Å²) in [5.41, 5.74) is 2.58. The molecule has 1 fully saturated rings. The van der Waals surface area contributed by atoms with E-state index in [9.17, 15) is 0 Å². The second-order valence-electron chi connectivity index (χ2n) is 5.05. The highest BCUT2D eigenvalue weighted by Gasteiger charge is 2.18. The third-order valence-electron chi connectivity index (χ3n) is 3.36. The van der Waals surface area contributed by atoms with Crippen LogP contribution in [0.25, 0.3) is 0 Å². The van der Waals surface area contributed by atoms with Crippen LogP contribution in [0.5, 0.6) is 0 Å². The molecule has 1 aromatic rings. The molecule has 90 valence electrons. The van der Waals surface area contributed by atoms with Crippen molar-refractivity contribution in [3.63, 3.8) is 0 Å². The molecule has 0 bridgehead atoms. The van der Waals surface area contributed by atoms with Gasteiger partial charge in [-0.05, 0) is 31.7 Å². The quantitative estimate of drug-likeness (QED) is 0.819. The maximum atomic E-state index is 4.75. The summed E-state index contributed by atoms with van der Waals surface area (Å²) in [7, 11) is 0. The summed E-state index contributed by atoms with van der Waals surface area (Å²) >= 11 is 0. The Morgan fingerprint density at radius 3 is 2.75 bits per heavy atom. The number of imidazole rings is 1. The van der Waals surface area contributed by atoms with Gasteiger partial charge < -0.3 is 10.3 Å². The van der Waals surface area contributed by atoms with E-state index in [-0.39, 0.29) is 0 Å². The lowest BCUT2D eigenvalue weighted by molar-refractivity contribution is 0.587. The van der Waals surface area contributed by atoms with Crippen LogP contribution in [0, 0.1) is 0 Å². The van der Waals surface area contributed by atoms with Gasteiger partial charge in [-0.1, -0.05) is 20.8 Å². The van der Waals surface area contributed by atoms with E-state index in [0.717, 1.165) is 12.8 Å². The Balaban J connectivity index is 2.09. The highest BCUT2D eigenvalue weighted by atomic mass is 15.0. The van der Waals surface area contributed by atoms with Crippen LogP contribution in [0.4, 0.5) is 0 Å². The lowest BCUT2D eigenvalue weighted by Gasteiger charge is -2.06. The zero-order valence-electron chi connectivity index (χ0n) is 10.6. The van der Waals surface area contributed by atoms with Gasteiger partial charge in [0, 0.05) is 18.2 Å². The summed E-state index contributed by atoms with van der Waals surface area (Å²) in [6.07, 6.45) is 4.71. The number of aromatic amines is 1. The molecule has 2 N–H and O–H groups in total. The molecule has 0 saturated carbocycles. The number of aromatic nitrogens is 2. The van der Waals surface area contributed by atoms with E-state index < -0.39 is 0 Å². The molecule has 0 amide bonds. The highest BCUT2D eigenvalue weighted by Crippen LogP contribution is 2.19.